The van der Waals surface area contributed by atoms with E-state index in [2.05, 4.69) is 22.4 Å². The summed E-state index contributed by atoms with van der Waals surface area (Å²) in [4.78, 5) is 0. The van der Waals surface area contributed by atoms with Gasteiger partial charge in [-0.25, -0.2) is 4.39 Å². The van der Waals surface area contributed by atoms with E-state index in [0.717, 1.165) is 18.0 Å². The molecule has 96 valence electrons. The topological polar surface area (TPSA) is 47.0 Å². The van der Waals surface area contributed by atoms with Crippen molar-refractivity contribution in [1.82, 2.24) is 15.5 Å². The van der Waals surface area contributed by atoms with Crippen LogP contribution in [0.1, 0.15) is 18.4 Å². The molecular weight excluding hydrogens is 253 g/mol. The number of hydrogen-bond acceptors (Lipinski definition) is 5. The van der Waals surface area contributed by atoms with Crippen LogP contribution in [0.5, 0.6) is 10.9 Å². The van der Waals surface area contributed by atoms with Crippen molar-refractivity contribution in [2.75, 3.05) is 6.54 Å². The second-order valence-electron chi connectivity index (χ2n) is 3.69. The van der Waals surface area contributed by atoms with Crippen LogP contribution in [0, 0.1) is 5.82 Å². The van der Waals surface area contributed by atoms with E-state index >= 15 is 0 Å². The quantitative estimate of drug-likeness (QED) is 0.817. The first-order valence-corrected chi connectivity index (χ1v) is 6.56. The number of benzene rings is 1. The predicted octanol–water partition coefficient (Wildman–Crippen LogP) is 2.97. The molecule has 0 amide bonds. The van der Waals surface area contributed by atoms with Crippen LogP contribution in [0.15, 0.2) is 24.3 Å². The molecule has 0 radical (unpaired) electrons. The lowest BCUT2D eigenvalue weighted by molar-refractivity contribution is 0.471. The molecule has 2 rings (SSSR count). The van der Waals surface area contributed by atoms with Crippen LogP contribution in [0.25, 0.3) is 0 Å². The largest absolute Gasteiger partial charge is 0.430 e. The summed E-state index contributed by atoms with van der Waals surface area (Å²) in [6.45, 7) is 3.75. The van der Waals surface area contributed by atoms with Gasteiger partial charge in [-0.2, -0.15) is 0 Å². The minimum atomic E-state index is -0.288. The number of aromatic nitrogens is 2. The second-order valence-corrected chi connectivity index (χ2v) is 4.72. The summed E-state index contributed by atoms with van der Waals surface area (Å²) in [6.07, 6.45) is 1.08. The summed E-state index contributed by atoms with van der Waals surface area (Å²) in [5.41, 5.74) is 0. The molecule has 4 nitrogen and oxygen atoms in total. The van der Waals surface area contributed by atoms with Gasteiger partial charge in [-0.15, -0.1) is 5.10 Å². The number of nitrogens with zero attached hydrogens (tertiary/aromatic N) is 2. The van der Waals surface area contributed by atoms with Crippen molar-refractivity contribution in [2.45, 2.75) is 19.9 Å². The number of hydrogen-bond donors (Lipinski definition) is 1. The van der Waals surface area contributed by atoms with Gasteiger partial charge >= 0.3 is 0 Å². The predicted molar refractivity (Wildman–Crippen MR) is 68.4 cm³/mol. The molecular formula is C12H14FN3OS. The van der Waals surface area contributed by atoms with Gasteiger partial charge in [-0.1, -0.05) is 23.4 Å². The highest BCUT2D eigenvalue weighted by Crippen LogP contribution is 2.24. The molecule has 0 spiro atoms. The molecule has 0 aliphatic rings. The third kappa shape index (κ3) is 3.75. The molecule has 0 bridgehead atoms. The van der Waals surface area contributed by atoms with Crippen LogP contribution < -0.4 is 10.1 Å². The summed E-state index contributed by atoms with van der Waals surface area (Å²) < 4.78 is 18.2. The van der Waals surface area contributed by atoms with Crippen molar-refractivity contribution in [3.63, 3.8) is 0 Å². The van der Waals surface area contributed by atoms with Gasteiger partial charge in [0.1, 0.15) is 16.6 Å². The van der Waals surface area contributed by atoms with Crippen LogP contribution in [-0.4, -0.2) is 16.7 Å². The van der Waals surface area contributed by atoms with Gasteiger partial charge in [0.2, 0.25) is 0 Å². The maximum atomic E-state index is 12.7. The Morgan fingerprint density at radius 3 is 2.78 bits per heavy atom. The maximum absolute atomic E-state index is 12.7. The van der Waals surface area contributed by atoms with Crippen molar-refractivity contribution in [3.8, 4) is 10.9 Å². The standard InChI is InChI=1S/C12H14FN3OS/c1-2-7-14-8-11-15-16-12(18-11)17-10-5-3-9(13)4-6-10/h3-6,14H,2,7-8H2,1H3. The van der Waals surface area contributed by atoms with E-state index in [1.54, 1.807) is 12.1 Å². The Kier molecular flexibility index (Phi) is 4.60. The molecule has 0 atom stereocenters. The number of halogens is 1. The lowest BCUT2D eigenvalue weighted by atomic mass is 10.3. The fourth-order valence-corrected chi connectivity index (χ4v) is 2.00. The fraction of sp³-hybridized carbons (Fsp3) is 0.333. The number of ether oxygens (including phenoxy) is 1. The van der Waals surface area contributed by atoms with Crippen molar-refractivity contribution in [2.24, 2.45) is 0 Å². The first-order chi connectivity index (χ1) is 8.78. The van der Waals surface area contributed by atoms with Crippen molar-refractivity contribution >= 4 is 11.3 Å². The van der Waals surface area contributed by atoms with E-state index in [1.807, 2.05) is 0 Å². The van der Waals surface area contributed by atoms with Crippen molar-refractivity contribution in [1.29, 1.82) is 0 Å². The summed E-state index contributed by atoms with van der Waals surface area (Å²) >= 11 is 1.38. The van der Waals surface area contributed by atoms with Gasteiger partial charge < -0.3 is 10.1 Å². The van der Waals surface area contributed by atoms with Gasteiger partial charge in [-0.3, -0.25) is 0 Å². The normalized spacial score (nSPS) is 10.6. The Bertz CT molecular complexity index is 486. The zero-order valence-corrected chi connectivity index (χ0v) is 10.8. The van der Waals surface area contributed by atoms with Crippen LogP contribution in [0.2, 0.25) is 0 Å². The Balaban J connectivity index is 1.91. The average Bonchev–Trinajstić information content (AvgIpc) is 2.80. The maximum Gasteiger partial charge on any atom is 0.299 e. The van der Waals surface area contributed by atoms with Crippen LogP contribution in [0.3, 0.4) is 0 Å². The van der Waals surface area contributed by atoms with E-state index in [4.69, 9.17) is 4.74 Å². The SMILES string of the molecule is CCCNCc1nnc(Oc2ccc(F)cc2)s1. The molecule has 1 N–H and O–H groups in total. The number of rotatable bonds is 6. The van der Waals surface area contributed by atoms with Gasteiger partial charge in [0.05, 0.1) is 0 Å². The lowest BCUT2D eigenvalue weighted by Crippen LogP contribution is -2.13. The third-order valence-corrected chi connectivity index (χ3v) is 2.97. The molecule has 6 heteroatoms. The zero-order chi connectivity index (χ0) is 12.8. The van der Waals surface area contributed by atoms with E-state index in [1.165, 1.54) is 23.5 Å². The first-order valence-electron chi connectivity index (χ1n) is 5.74. The molecule has 0 saturated carbocycles. The minimum Gasteiger partial charge on any atom is -0.430 e. The summed E-state index contributed by atoms with van der Waals surface area (Å²) in [7, 11) is 0. The summed E-state index contributed by atoms with van der Waals surface area (Å²) in [5.74, 6) is 0.268. The summed E-state index contributed by atoms with van der Waals surface area (Å²) in [5, 5.41) is 12.5. The van der Waals surface area contributed by atoms with E-state index in [-0.39, 0.29) is 5.82 Å². The van der Waals surface area contributed by atoms with Gasteiger partial charge in [-0.05, 0) is 37.2 Å². The molecule has 0 fully saturated rings. The van der Waals surface area contributed by atoms with E-state index in [0.29, 0.717) is 17.5 Å². The number of nitrogens with one attached hydrogen (secondary N) is 1. The highest BCUT2D eigenvalue weighted by atomic mass is 32.1. The molecule has 1 aromatic heterocycles. The summed E-state index contributed by atoms with van der Waals surface area (Å²) in [6, 6.07) is 5.82. The highest BCUT2D eigenvalue weighted by molar-refractivity contribution is 7.13. The fourth-order valence-electron chi connectivity index (χ4n) is 1.33. The van der Waals surface area contributed by atoms with Crippen molar-refractivity contribution < 1.29 is 9.13 Å². The molecule has 0 aliphatic heterocycles. The van der Waals surface area contributed by atoms with Gasteiger partial charge in [0, 0.05) is 6.54 Å². The smallest absolute Gasteiger partial charge is 0.299 e. The van der Waals surface area contributed by atoms with Gasteiger partial charge in [0.25, 0.3) is 5.19 Å². The molecule has 0 saturated heterocycles. The van der Waals surface area contributed by atoms with E-state index in [9.17, 15) is 4.39 Å². The average molecular weight is 267 g/mol. The molecule has 18 heavy (non-hydrogen) atoms. The second kappa shape index (κ2) is 6.42. The van der Waals surface area contributed by atoms with Crippen molar-refractivity contribution in [3.05, 3.63) is 35.1 Å². The molecule has 0 unspecified atom stereocenters. The van der Waals surface area contributed by atoms with Crippen LogP contribution in [-0.2, 0) is 6.54 Å². The van der Waals surface area contributed by atoms with E-state index < -0.39 is 0 Å². The van der Waals surface area contributed by atoms with Gasteiger partial charge in [0.15, 0.2) is 0 Å². The van der Waals surface area contributed by atoms with Crippen LogP contribution in [0.4, 0.5) is 4.39 Å². The molecule has 0 aliphatic carbocycles. The Morgan fingerprint density at radius 2 is 2.06 bits per heavy atom. The Labute approximate surface area is 109 Å². The monoisotopic (exact) mass is 267 g/mol. The molecule has 2 aromatic rings. The molecule has 1 aromatic carbocycles. The van der Waals surface area contributed by atoms with Crippen LogP contribution >= 0.6 is 11.3 Å². The third-order valence-electron chi connectivity index (χ3n) is 2.17. The first kappa shape index (κ1) is 12.9. The zero-order valence-electron chi connectivity index (χ0n) is 10.0. The molecule has 1 heterocycles. The highest BCUT2D eigenvalue weighted by Gasteiger charge is 2.05. The Hall–Kier alpha value is -1.53. The lowest BCUT2D eigenvalue weighted by Gasteiger charge is -1.99. The minimum absolute atomic E-state index is 0.288. The Morgan fingerprint density at radius 1 is 1.28 bits per heavy atom.